The van der Waals surface area contributed by atoms with Crippen LogP contribution in [-0.2, 0) is 21.9 Å². The molecule has 1 aromatic rings. The molecule has 0 bridgehead atoms. The van der Waals surface area contributed by atoms with Crippen LogP contribution in [0, 0.1) is 0 Å². The van der Waals surface area contributed by atoms with E-state index in [1.165, 1.54) is 11.7 Å². The van der Waals surface area contributed by atoms with Crippen molar-refractivity contribution in [3.8, 4) is 0 Å². The second-order valence-corrected chi connectivity index (χ2v) is 4.84. The van der Waals surface area contributed by atoms with E-state index in [-0.39, 0.29) is 5.95 Å². The summed E-state index contributed by atoms with van der Waals surface area (Å²) in [6, 6.07) is 0. The van der Waals surface area contributed by atoms with Gasteiger partial charge in [-0.3, -0.25) is 9.52 Å². The molecule has 0 radical (unpaired) electrons. The van der Waals surface area contributed by atoms with Gasteiger partial charge in [0, 0.05) is 7.05 Å². The molecule has 1 atom stereocenters. The summed E-state index contributed by atoms with van der Waals surface area (Å²) >= 11 is 0. The first-order valence-electron chi connectivity index (χ1n) is 3.93. The average molecular weight is 234 g/mol. The predicted molar refractivity (Wildman–Crippen MR) is 50.6 cm³/mol. The number of aryl methyl sites for hydroxylation is 1. The molecule has 1 rings (SSSR count). The molecule has 84 valence electrons. The molecule has 1 aromatic heterocycles. The van der Waals surface area contributed by atoms with Gasteiger partial charge in [-0.2, -0.15) is 10.1 Å². The van der Waals surface area contributed by atoms with Crippen LogP contribution < -0.4 is 4.72 Å². The minimum absolute atomic E-state index is 0.0249. The molecule has 0 aromatic carbocycles. The fraction of sp³-hybridized carbons (Fsp3) is 0.500. The topological polar surface area (TPSA) is 114 Å². The Kier molecular flexibility index (Phi) is 2.93. The van der Waals surface area contributed by atoms with Gasteiger partial charge in [0.25, 0.3) is 0 Å². The highest BCUT2D eigenvalue weighted by molar-refractivity contribution is 7.94. The number of carbonyl (C=O) groups is 1. The average Bonchev–Trinajstić information content (AvgIpc) is 2.50. The zero-order chi connectivity index (χ0) is 11.6. The standard InChI is InChI=1S/C6H10N4O4S/c1-4(5(11)12)15(13,14)9-6-7-3-8-10(6)2/h3-4H,1-2H3,(H,11,12)(H,7,8,9). The molecule has 0 amide bonds. The van der Waals surface area contributed by atoms with Crippen LogP contribution in [0.15, 0.2) is 6.33 Å². The van der Waals surface area contributed by atoms with Crippen LogP contribution in [0.25, 0.3) is 0 Å². The van der Waals surface area contributed by atoms with Crippen LogP contribution in [0.2, 0.25) is 0 Å². The number of hydrogen-bond acceptors (Lipinski definition) is 5. The highest BCUT2D eigenvalue weighted by atomic mass is 32.2. The largest absolute Gasteiger partial charge is 0.480 e. The molecular formula is C6H10N4O4S. The molecule has 0 aliphatic rings. The maximum absolute atomic E-state index is 11.4. The molecule has 9 heteroatoms. The Balaban J connectivity index is 2.91. The number of rotatable bonds is 4. The van der Waals surface area contributed by atoms with E-state index in [0.29, 0.717) is 0 Å². The summed E-state index contributed by atoms with van der Waals surface area (Å²) in [6.07, 6.45) is 1.16. The van der Waals surface area contributed by atoms with Crippen molar-refractivity contribution in [2.24, 2.45) is 7.05 Å². The summed E-state index contributed by atoms with van der Waals surface area (Å²) in [5.41, 5.74) is 0. The molecule has 2 N–H and O–H groups in total. The van der Waals surface area contributed by atoms with Gasteiger partial charge < -0.3 is 5.11 Å². The van der Waals surface area contributed by atoms with Crippen molar-refractivity contribution >= 4 is 21.9 Å². The monoisotopic (exact) mass is 234 g/mol. The van der Waals surface area contributed by atoms with Gasteiger partial charge in [0.1, 0.15) is 6.33 Å². The first-order valence-corrected chi connectivity index (χ1v) is 5.47. The van der Waals surface area contributed by atoms with Crippen LogP contribution in [0.5, 0.6) is 0 Å². The number of carboxylic acids is 1. The Morgan fingerprint density at radius 1 is 1.67 bits per heavy atom. The predicted octanol–water partition coefficient (Wildman–Crippen LogP) is -0.970. The number of aromatic nitrogens is 3. The highest BCUT2D eigenvalue weighted by Gasteiger charge is 2.28. The lowest BCUT2D eigenvalue weighted by Gasteiger charge is -2.09. The van der Waals surface area contributed by atoms with Gasteiger partial charge in [-0.25, -0.2) is 13.1 Å². The molecule has 0 aliphatic carbocycles. The number of nitrogens with one attached hydrogen (secondary N) is 1. The maximum atomic E-state index is 11.4. The smallest absolute Gasteiger partial charge is 0.323 e. The highest BCUT2D eigenvalue weighted by Crippen LogP contribution is 2.07. The van der Waals surface area contributed by atoms with E-state index < -0.39 is 21.2 Å². The van der Waals surface area contributed by atoms with Crippen LogP contribution >= 0.6 is 0 Å². The zero-order valence-electron chi connectivity index (χ0n) is 8.08. The normalized spacial score (nSPS) is 13.5. The van der Waals surface area contributed by atoms with Gasteiger partial charge in [0.2, 0.25) is 16.0 Å². The van der Waals surface area contributed by atoms with Crippen molar-refractivity contribution in [2.75, 3.05) is 4.72 Å². The lowest BCUT2D eigenvalue weighted by Crippen LogP contribution is -2.32. The first-order chi connectivity index (χ1) is 6.84. The van der Waals surface area contributed by atoms with E-state index in [1.54, 1.807) is 0 Å². The van der Waals surface area contributed by atoms with Crippen molar-refractivity contribution in [1.29, 1.82) is 0 Å². The van der Waals surface area contributed by atoms with Crippen molar-refractivity contribution in [3.05, 3.63) is 6.33 Å². The molecule has 8 nitrogen and oxygen atoms in total. The third kappa shape index (κ3) is 2.43. The number of hydrogen-bond donors (Lipinski definition) is 2. The van der Waals surface area contributed by atoms with E-state index in [1.807, 2.05) is 4.72 Å². The van der Waals surface area contributed by atoms with Crippen LogP contribution in [0.3, 0.4) is 0 Å². The summed E-state index contributed by atoms with van der Waals surface area (Å²) < 4.78 is 26.1. The van der Waals surface area contributed by atoms with Crippen LogP contribution in [0.1, 0.15) is 6.92 Å². The minimum atomic E-state index is -3.98. The van der Waals surface area contributed by atoms with Crippen molar-refractivity contribution in [3.63, 3.8) is 0 Å². The second kappa shape index (κ2) is 3.85. The molecule has 1 heterocycles. The Morgan fingerprint density at radius 2 is 2.27 bits per heavy atom. The van der Waals surface area contributed by atoms with Gasteiger partial charge in [0.15, 0.2) is 5.25 Å². The van der Waals surface area contributed by atoms with Crippen LogP contribution in [0.4, 0.5) is 5.95 Å². The molecule has 0 saturated heterocycles. The SMILES string of the molecule is CC(C(=O)O)S(=O)(=O)Nc1ncnn1C. The van der Waals surface area contributed by atoms with E-state index in [0.717, 1.165) is 13.3 Å². The zero-order valence-corrected chi connectivity index (χ0v) is 8.89. The molecule has 15 heavy (non-hydrogen) atoms. The summed E-state index contributed by atoms with van der Waals surface area (Å²) in [7, 11) is -2.50. The Bertz CT molecular complexity index is 465. The van der Waals surface area contributed by atoms with Gasteiger partial charge in [-0.1, -0.05) is 0 Å². The summed E-state index contributed by atoms with van der Waals surface area (Å²) in [5, 5.41) is 10.6. The lowest BCUT2D eigenvalue weighted by atomic mass is 10.5. The van der Waals surface area contributed by atoms with E-state index in [2.05, 4.69) is 10.1 Å². The third-order valence-corrected chi connectivity index (χ3v) is 3.36. The Morgan fingerprint density at radius 3 is 2.67 bits per heavy atom. The lowest BCUT2D eigenvalue weighted by molar-refractivity contribution is -0.136. The first kappa shape index (κ1) is 11.4. The summed E-state index contributed by atoms with van der Waals surface area (Å²) in [5.74, 6) is -1.45. The second-order valence-electron chi connectivity index (χ2n) is 2.83. The molecule has 0 spiro atoms. The van der Waals surface area contributed by atoms with Gasteiger partial charge in [-0.05, 0) is 6.92 Å². The fourth-order valence-electron chi connectivity index (χ4n) is 0.737. The fourth-order valence-corrected chi connectivity index (χ4v) is 1.62. The number of anilines is 1. The summed E-state index contributed by atoms with van der Waals surface area (Å²) in [4.78, 5) is 14.1. The van der Waals surface area contributed by atoms with Crippen molar-refractivity contribution in [2.45, 2.75) is 12.2 Å². The maximum Gasteiger partial charge on any atom is 0.323 e. The number of nitrogens with zero attached hydrogens (tertiary/aromatic N) is 3. The van der Waals surface area contributed by atoms with Gasteiger partial charge >= 0.3 is 5.97 Å². The van der Waals surface area contributed by atoms with E-state index in [9.17, 15) is 13.2 Å². The molecule has 1 unspecified atom stereocenters. The number of carboxylic acid groups (broad SMARTS) is 1. The quantitative estimate of drug-likeness (QED) is 0.692. The van der Waals surface area contributed by atoms with Gasteiger partial charge in [-0.15, -0.1) is 0 Å². The number of sulfonamides is 1. The van der Waals surface area contributed by atoms with Crippen molar-refractivity contribution in [1.82, 2.24) is 14.8 Å². The van der Waals surface area contributed by atoms with Crippen molar-refractivity contribution < 1.29 is 18.3 Å². The van der Waals surface area contributed by atoms with E-state index >= 15 is 0 Å². The molecule has 0 saturated carbocycles. The number of aliphatic carboxylic acids is 1. The van der Waals surface area contributed by atoms with Crippen LogP contribution in [-0.4, -0.2) is 39.5 Å². The van der Waals surface area contributed by atoms with Gasteiger partial charge in [0.05, 0.1) is 0 Å². The Hall–Kier alpha value is -1.64. The Labute approximate surface area is 86.0 Å². The minimum Gasteiger partial charge on any atom is -0.480 e. The summed E-state index contributed by atoms with van der Waals surface area (Å²) in [6.45, 7) is 1.07. The molecular weight excluding hydrogens is 224 g/mol. The van der Waals surface area contributed by atoms with E-state index in [4.69, 9.17) is 5.11 Å². The third-order valence-electron chi connectivity index (χ3n) is 1.76. The molecule has 0 aliphatic heterocycles. The molecule has 0 fully saturated rings.